The fourth-order valence-corrected chi connectivity index (χ4v) is 3.71. The summed E-state index contributed by atoms with van der Waals surface area (Å²) in [5.74, 6) is -0.207. The van der Waals surface area contributed by atoms with E-state index in [1.807, 2.05) is 4.90 Å². The molecule has 0 radical (unpaired) electrons. The maximum atomic E-state index is 13.6. The maximum Gasteiger partial charge on any atom is 0.260 e. The predicted octanol–water partition coefficient (Wildman–Crippen LogP) is 4.55. The van der Waals surface area contributed by atoms with Crippen LogP contribution in [-0.2, 0) is 4.79 Å². The molecule has 0 saturated carbocycles. The first-order chi connectivity index (χ1) is 13.8. The number of nitrogens with one attached hydrogen (secondary N) is 1. The first-order valence-corrected chi connectivity index (χ1v) is 9.96. The molecular formula is C23H27FN2O3. The van der Waals surface area contributed by atoms with Crippen LogP contribution in [0.1, 0.15) is 49.0 Å². The number of hydrogen-bond acceptors (Lipinski definition) is 3. The van der Waals surface area contributed by atoms with Crippen molar-refractivity contribution in [2.24, 2.45) is 0 Å². The van der Waals surface area contributed by atoms with Gasteiger partial charge in [0.1, 0.15) is 11.6 Å². The van der Waals surface area contributed by atoms with E-state index in [-0.39, 0.29) is 36.3 Å². The number of carbonyl (C=O) groups excluding carboxylic acids is 2. The van der Waals surface area contributed by atoms with E-state index in [1.165, 1.54) is 6.07 Å². The summed E-state index contributed by atoms with van der Waals surface area (Å²) in [5, 5.41) is 2.67. The van der Waals surface area contributed by atoms with Crippen LogP contribution in [0.4, 0.5) is 10.1 Å². The lowest BCUT2D eigenvalue weighted by Gasteiger charge is -2.38. The van der Waals surface area contributed by atoms with E-state index in [2.05, 4.69) is 19.2 Å². The molecule has 6 heteroatoms. The summed E-state index contributed by atoms with van der Waals surface area (Å²) in [5.41, 5.74) is 1.34. The second-order valence-electron chi connectivity index (χ2n) is 7.66. The zero-order valence-electron chi connectivity index (χ0n) is 17.1. The molecule has 2 aromatic carbocycles. The number of amides is 2. The van der Waals surface area contributed by atoms with Gasteiger partial charge in [0.05, 0.1) is 0 Å². The number of carbonyl (C=O) groups is 2. The van der Waals surface area contributed by atoms with Crippen LogP contribution in [0.25, 0.3) is 0 Å². The third kappa shape index (κ3) is 5.13. The van der Waals surface area contributed by atoms with E-state index in [9.17, 15) is 14.0 Å². The number of rotatable bonds is 5. The summed E-state index contributed by atoms with van der Waals surface area (Å²) in [6.07, 6.45) is 3.18. The fourth-order valence-electron chi connectivity index (χ4n) is 3.71. The van der Waals surface area contributed by atoms with Crippen molar-refractivity contribution in [3.63, 3.8) is 0 Å². The third-order valence-corrected chi connectivity index (χ3v) is 5.39. The zero-order valence-corrected chi connectivity index (χ0v) is 17.1. The van der Waals surface area contributed by atoms with Gasteiger partial charge in [-0.15, -0.1) is 0 Å². The Labute approximate surface area is 170 Å². The van der Waals surface area contributed by atoms with Gasteiger partial charge in [-0.3, -0.25) is 9.59 Å². The summed E-state index contributed by atoms with van der Waals surface area (Å²) in [7, 11) is 0. The van der Waals surface area contributed by atoms with Crippen LogP contribution in [0.5, 0.6) is 5.75 Å². The van der Waals surface area contributed by atoms with E-state index in [4.69, 9.17) is 4.74 Å². The van der Waals surface area contributed by atoms with Gasteiger partial charge < -0.3 is 15.0 Å². The number of anilines is 1. The molecular weight excluding hydrogens is 371 g/mol. The van der Waals surface area contributed by atoms with Crippen molar-refractivity contribution in [1.82, 2.24) is 4.90 Å². The minimum atomic E-state index is -0.367. The van der Waals surface area contributed by atoms with Gasteiger partial charge in [-0.25, -0.2) is 4.39 Å². The summed E-state index contributed by atoms with van der Waals surface area (Å²) in [6, 6.07) is 11.6. The quantitative estimate of drug-likeness (QED) is 0.804. The van der Waals surface area contributed by atoms with Gasteiger partial charge in [-0.2, -0.15) is 0 Å². The van der Waals surface area contributed by atoms with Crippen LogP contribution in [0.15, 0.2) is 42.5 Å². The van der Waals surface area contributed by atoms with Crippen molar-refractivity contribution in [1.29, 1.82) is 0 Å². The Kier molecular flexibility index (Phi) is 6.52. The summed E-state index contributed by atoms with van der Waals surface area (Å²) < 4.78 is 19.2. The second-order valence-corrected chi connectivity index (χ2v) is 7.66. The molecule has 1 heterocycles. The summed E-state index contributed by atoms with van der Waals surface area (Å²) >= 11 is 0. The average Bonchev–Trinajstić information content (AvgIpc) is 2.69. The van der Waals surface area contributed by atoms with Gasteiger partial charge in [0, 0.05) is 23.3 Å². The smallest absolute Gasteiger partial charge is 0.260 e. The molecule has 0 bridgehead atoms. The Morgan fingerprint density at radius 2 is 1.76 bits per heavy atom. The number of benzene rings is 2. The van der Waals surface area contributed by atoms with Crippen molar-refractivity contribution in [2.75, 3.05) is 11.9 Å². The minimum Gasteiger partial charge on any atom is -0.484 e. The second kappa shape index (κ2) is 9.07. The number of ether oxygens (including phenoxy) is 1. The van der Waals surface area contributed by atoms with E-state index >= 15 is 0 Å². The summed E-state index contributed by atoms with van der Waals surface area (Å²) in [4.78, 5) is 26.8. The Bertz CT molecular complexity index is 872. The minimum absolute atomic E-state index is 0.0204. The highest BCUT2D eigenvalue weighted by Crippen LogP contribution is 2.23. The number of nitrogens with zero attached hydrogens (tertiary/aromatic N) is 1. The molecule has 2 aromatic rings. The van der Waals surface area contributed by atoms with Gasteiger partial charge in [-0.05, 0) is 82.0 Å². The molecule has 2 unspecified atom stereocenters. The first-order valence-electron chi connectivity index (χ1n) is 9.96. The Morgan fingerprint density at radius 1 is 1.10 bits per heavy atom. The average molecular weight is 398 g/mol. The van der Waals surface area contributed by atoms with Crippen LogP contribution < -0.4 is 10.1 Å². The van der Waals surface area contributed by atoms with Crippen LogP contribution >= 0.6 is 0 Å². The molecule has 0 spiro atoms. The molecule has 0 aromatic heterocycles. The van der Waals surface area contributed by atoms with Crippen molar-refractivity contribution < 1.29 is 18.7 Å². The Hall–Kier alpha value is -2.89. The van der Waals surface area contributed by atoms with Crippen molar-refractivity contribution in [2.45, 2.75) is 52.1 Å². The highest BCUT2D eigenvalue weighted by Gasteiger charge is 2.28. The van der Waals surface area contributed by atoms with E-state index in [1.54, 1.807) is 43.3 Å². The number of aryl methyl sites for hydroxylation is 1. The molecule has 1 fully saturated rings. The maximum absolute atomic E-state index is 13.6. The molecule has 29 heavy (non-hydrogen) atoms. The highest BCUT2D eigenvalue weighted by molar-refractivity contribution is 6.04. The van der Waals surface area contributed by atoms with Crippen molar-refractivity contribution in [3.05, 3.63) is 59.4 Å². The van der Waals surface area contributed by atoms with E-state index in [0.717, 1.165) is 19.3 Å². The molecule has 0 aliphatic carbocycles. The van der Waals surface area contributed by atoms with Crippen molar-refractivity contribution >= 4 is 17.5 Å². The van der Waals surface area contributed by atoms with Gasteiger partial charge in [0.15, 0.2) is 6.61 Å². The van der Waals surface area contributed by atoms with Crippen LogP contribution in [0.2, 0.25) is 0 Å². The van der Waals surface area contributed by atoms with Gasteiger partial charge in [0.2, 0.25) is 0 Å². The Balaban J connectivity index is 1.56. The normalized spacial score (nSPS) is 19.0. The molecule has 1 N–H and O–H groups in total. The van der Waals surface area contributed by atoms with Crippen LogP contribution in [-0.4, -0.2) is 35.4 Å². The number of piperidine rings is 1. The lowest BCUT2D eigenvalue weighted by atomic mass is 9.97. The lowest BCUT2D eigenvalue weighted by molar-refractivity contribution is -0.139. The predicted molar refractivity (Wildman–Crippen MR) is 111 cm³/mol. The first kappa shape index (κ1) is 20.8. The molecule has 5 nitrogen and oxygen atoms in total. The standard InChI is InChI=1S/C23H27FN2O3/c1-15-7-10-19(13-21(15)24)25-23(28)18-8-11-20(12-9-18)29-14-22(27)26-16(2)5-4-6-17(26)3/h7-13,16-17H,4-6,14H2,1-3H3,(H,25,28). The molecule has 1 aliphatic rings. The number of likely N-dealkylation sites (tertiary alicyclic amines) is 1. The van der Waals surface area contributed by atoms with Gasteiger partial charge >= 0.3 is 0 Å². The lowest BCUT2D eigenvalue weighted by Crippen LogP contribution is -2.49. The molecule has 2 atom stereocenters. The monoisotopic (exact) mass is 398 g/mol. The molecule has 154 valence electrons. The van der Waals surface area contributed by atoms with Gasteiger partial charge in [0.25, 0.3) is 11.8 Å². The van der Waals surface area contributed by atoms with Gasteiger partial charge in [-0.1, -0.05) is 6.07 Å². The van der Waals surface area contributed by atoms with Crippen LogP contribution in [0.3, 0.4) is 0 Å². The zero-order chi connectivity index (χ0) is 21.0. The highest BCUT2D eigenvalue weighted by atomic mass is 19.1. The molecule has 1 saturated heterocycles. The fraction of sp³-hybridized carbons (Fsp3) is 0.391. The molecule has 2 amide bonds. The number of hydrogen-bond donors (Lipinski definition) is 1. The number of halogens is 1. The third-order valence-electron chi connectivity index (χ3n) is 5.39. The largest absolute Gasteiger partial charge is 0.484 e. The van der Waals surface area contributed by atoms with Crippen LogP contribution in [0, 0.1) is 12.7 Å². The molecule has 3 rings (SSSR count). The van der Waals surface area contributed by atoms with E-state index < -0.39 is 0 Å². The Morgan fingerprint density at radius 3 is 2.38 bits per heavy atom. The van der Waals surface area contributed by atoms with Crippen molar-refractivity contribution in [3.8, 4) is 5.75 Å². The molecule has 1 aliphatic heterocycles. The summed E-state index contributed by atoms with van der Waals surface area (Å²) in [6.45, 7) is 5.78. The topological polar surface area (TPSA) is 58.6 Å². The van der Waals surface area contributed by atoms with E-state index in [0.29, 0.717) is 22.6 Å². The SMILES string of the molecule is Cc1ccc(NC(=O)c2ccc(OCC(=O)N3C(C)CCCC3C)cc2)cc1F.